The van der Waals surface area contributed by atoms with E-state index in [4.69, 9.17) is 4.74 Å². The lowest BCUT2D eigenvalue weighted by Gasteiger charge is -2.20. The quantitative estimate of drug-likeness (QED) is 0.403. The molecule has 0 saturated heterocycles. The van der Waals surface area contributed by atoms with E-state index in [1.54, 1.807) is 0 Å². The van der Waals surface area contributed by atoms with Crippen molar-refractivity contribution in [3.05, 3.63) is 52.6 Å². The summed E-state index contributed by atoms with van der Waals surface area (Å²) < 4.78 is 4.96. The van der Waals surface area contributed by atoms with Gasteiger partial charge in [-0.1, -0.05) is 12.1 Å². The predicted octanol–water partition coefficient (Wildman–Crippen LogP) is 1.80. The van der Waals surface area contributed by atoms with Crippen molar-refractivity contribution < 1.29 is 29.3 Å². The molecule has 0 aromatic heterocycles. The summed E-state index contributed by atoms with van der Waals surface area (Å²) in [6, 6.07) is 6.51. The molecule has 2 aromatic rings. The van der Waals surface area contributed by atoms with E-state index >= 15 is 0 Å². The minimum absolute atomic E-state index is 0.0113. The first-order valence-electron chi connectivity index (χ1n) is 6.37. The first-order valence-corrected chi connectivity index (χ1v) is 6.37. The molecule has 2 aromatic carbocycles. The fourth-order valence-electron chi connectivity index (χ4n) is 2.49. The van der Waals surface area contributed by atoms with Crippen molar-refractivity contribution >= 4 is 17.5 Å². The molecule has 0 spiro atoms. The fraction of sp³-hybridized carbons (Fsp3) is 0.0625. The van der Waals surface area contributed by atoms with Crippen LogP contribution in [0.15, 0.2) is 30.3 Å². The van der Waals surface area contributed by atoms with Gasteiger partial charge in [0.05, 0.1) is 16.7 Å². The van der Waals surface area contributed by atoms with Crippen LogP contribution >= 0.6 is 0 Å². The zero-order valence-corrected chi connectivity index (χ0v) is 11.4. The van der Waals surface area contributed by atoms with Gasteiger partial charge in [-0.3, -0.25) is 14.4 Å². The van der Waals surface area contributed by atoms with Crippen molar-refractivity contribution in [2.75, 3.05) is 0 Å². The number of fused-ring (bicyclic) bond motifs is 2. The standard InChI is InChI=1S/C16H10O6/c1-7(17)22-11-4-2-3-8-12(11)16(21)14-10(19)6-5-9(18)13(14)15(8)20/h2-6,18-19H,1H3. The Morgan fingerprint density at radius 2 is 1.50 bits per heavy atom. The van der Waals surface area contributed by atoms with Crippen LogP contribution in [0.3, 0.4) is 0 Å². The third-order valence-electron chi connectivity index (χ3n) is 3.37. The van der Waals surface area contributed by atoms with E-state index < -0.39 is 29.0 Å². The van der Waals surface area contributed by atoms with Gasteiger partial charge in [-0.15, -0.1) is 0 Å². The van der Waals surface area contributed by atoms with Crippen molar-refractivity contribution in [1.29, 1.82) is 0 Å². The topological polar surface area (TPSA) is 101 Å². The van der Waals surface area contributed by atoms with Crippen molar-refractivity contribution in [2.45, 2.75) is 6.92 Å². The summed E-state index contributed by atoms with van der Waals surface area (Å²) in [5, 5.41) is 19.7. The lowest BCUT2D eigenvalue weighted by molar-refractivity contribution is -0.131. The molecule has 1 aliphatic carbocycles. The minimum atomic E-state index is -0.685. The molecule has 0 amide bonds. The van der Waals surface area contributed by atoms with Gasteiger partial charge < -0.3 is 14.9 Å². The summed E-state index contributed by atoms with van der Waals surface area (Å²) in [6.45, 7) is 1.17. The number of rotatable bonds is 1. The van der Waals surface area contributed by atoms with Crippen LogP contribution in [0.4, 0.5) is 0 Å². The molecule has 110 valence electrons. The van der Waals surface area contributed by atoms with E-state index in [1.165, 1.54) is 25.1 Å². The third kappa shape index (κ3) is 1.85. The van der Waals surface area contributed by atoms with Gasteiger partial charge >= 0.3 is 5.97 Å². The Bertz CT molecular complexity index is 850. The van der Waals surface area contributed by atoms with E-state index in [1.807, 2.05) is 0 Å². The molecule has 22 heavy (non-hydrogen) atoms. The number of carbonyl (C=O) groups is 3. The number of hydrogen-bond donors (Lipinski definition) is 2. The highest BCUT2D eigenvalue weighted by Crippen LogP contribution is 2.40. The number of benzene rings is 2. The molecule has 0 bridgehead atoms. The van der Waals surface area contributed by atoms with Crippen LogP contribution in [0.25, 0.3) is 0 Å². The normalized spacial score (nSPS) is 12.6. The van der Waals surface area contributed by atoms with Crippen LogP contribution in [0.1, 0.15) is 38.8 Å². The highest BCUT2D eigenvalue weighted by molar-refractivity contribution is 6.31. The van der Waals surface area contributed by atoms with Crippen LogP contribution in [-0.4, -0.2) is 27.7 Å². The van der Waals surface area contributed by atoms with Gasteiger partial charge in [0.2, 0.25) is 5.78 Å². The monoisotopic (exact) mass is 298 g/mol. The van der Waals surface area contributed by atoms with Crippen molar-refractivity contribution in [1.82, 2.24) is 0 Å². The molecule has 0 saturated carbocycles. The van der Waals surface area contributed by atoms with Gasteiger partial charge in [-0.2, -0.15) is 0 Å². The maximum Gasteiger partial charge on any atom is 0.308 e. The molecule has 0 radical (unpaired) electrons. The number of aromatic hydroxyl groups is 2. The number of ether oxygens (including phenoxy) is 1. The molecule has 0 fully saturated rings. The van der Waals surface area contributed by atoms with E-state index in [0.717, 1.165) is 12.1 Å². The lowest BCUT2D eigenvalue weighted by atomic mass is 9.82. The van der Waals surface area contributed by atoms with Crippen LogP contribution in [0, 0.1) is 0 Å². The second kappa shape index (κ2) is 4.70. The molecule has 3 rings (SSSR count). The number of hydrogen-bond acceptors (Lipinski definition) is 6. The molecular weight excluding hydrogens is 288 g/mol. The van der Waals surface area contributed by atoms with E-state index in [2.05, 4.69) is 0 Å². The molecule has 6 nitrogen and oxygen atoms in total. The summed E-state index contributed by atoms with van der Waals surface area (Å²) >= 11 is 0. The summed E-state index contributed by atoms with van der Waals surface area (Å²) in [4.78, 5) is 36.3. The van der Waals surface area contributed by atoms with Crippen molar-refractivity contribution in [3.63, 3.8) is 0 Å². The Balaban J connectivity index is 2.32. The van der Waals surface area contributed by atoms with Gasteiger partial charge in [0.25, 0.3) is 0 Å². The zero-order chi connectivity index (χ0) is 16.0. The zero-order valence-electron chi connectivity index (χ0n) is 11.4. The molecule has 0 atom stereocenters. The van der Waals surface area contributed by atoms with E-state index in [0.29, 0.717) is 0 Å². The largest absolute Gasteiger partial charge is 0.507 e. The van der Waals surface area contributed by atoms with E-state index in [9.17, 15) is 24.6 Å². The van der Waals surface area contributed by atoms with Crippen LogP contribution in [-0.2, 0) is 4.79 Å². The smallest absolute Gasteiger partial charge is 0.308 e. The Morgan fingerprint density at radius 3 is 2.09 bits per heavy atom. The molecular formula is C16H10O6. The van der Waals surface area contributed by atoms with Crippen LogP contribution < -0.4 is 4.74 Å². The Hall–Kier alpha value is -3.15. The number of ketones is 2. The highest BCUT2D eigenvalue weighted by Gasteiger charge is 2.36. The summed E-state index contributed by atoms with van der Waals surface area (Å²) in [6.07, 6.45) is 0. The van der Waals surface area contributed by atoms with E-state index in [-0.39, 0.29) is 28.0 Å². The number of phenols is 2. The second-order valence-electron chi connectivity index (χ2n) is 4.78. The predicted molar refractivity (Wildman–Crippen MR) is 74.4 cm³/mol. The summed E-state index contributed by atoms with van der Waals surface area (Å²) in [7, 11) is 0. The summed E-state index contributed by atoms with van der Waals surface area (Å²) in [5.41, 5.74) is -0.636. The average Bonchev–Trinajstić information content (AvgIpc) is 2.46. The fourth-order valence-corrected chi connectivity index (χ4v) is 2.49. The molecule has 2 N–H and O–H groups in total. The third-order valence-corrected chi connectivity index (χ3v) is 3.37. The summed E-state index contributed by atoms with van der Waals surface area (Å²) in [5.74, 6) is -2.82. The number of esters is 1. The highest BCUT2D eigenvalue weighted by atomic mass is 16.5. The lowest BCUT2D eigenvalue weighted by Crippen LogP contribution is -2.22. The van der Waals surface area contributed by atoms with Crippen LogP contribution in [0.5, 0.6) is 17.2 Å². The number of phenolic OH excluding ortho intramolecular Hbond substituents is 2. The van der Waals surface area contributed by atoms with Gasteiger partial charge in [-0.05, 0) is 18.2 Å². The van der Waals surface area contributed by atoms with Gasteiger partial charge in [0.1, 0.15) is 17.2 Å². The maximum absolute atomic E-state index is 12.6. The Morgan fingerprint density at radius 1 is 0.909 bits per heavy atom. The number of carbonyl (C=O) groups excluding carboxylic acids is 3. The minimum Gasteiger partial charge on any atom is -0.507 e. The first kappa shape index (κ1) is 13.8. The molecule has 0 heterocycles. The Kier molecular flexibility index (Phi) is 2.95. The first-order chi connectivity index (χ1) is 10.4. The molecule has 0 unspecified atom stereocenters. The SMILES string of the molecule is CC(=O)Oc1cccc2c1C(=O)c1c(O)ccc(O)c1C2=O. The maximum atomic E-state index is 12.6. The van der Waals surface area contributed by atoms with Gasteiger partial charge in [0.15, 0.2) is 5.78 Å². The molecule has 1 aliphatic rings. The van der Waals surface area contributed by atoms with Crippen molar-refractivity contribution in [3.8, 4) is 17.2 Å². The second-order valence-corrected chi connectivity index (χ2v) is 4.78. The molecule has 6 heteroatoms. The average molecular weight is 298 g/mol. The van der Waals surface area contributed by atoms with Crippen molar-refractivity contribution in [2.24, 2.45) is 0 Å². The van der Waals surface area contributed by atoms with Gasteiger partial charge in [0, 0.05) is 12.5 Å². The van der Waals surface area contributed by atoms with Crippen LogP contribution in [0.2, 0.25) is 0 Å². The van der Waals surface area contributed by atoms with Gasteiger partial charge in [-0.25, -0.2) is 0 Å². The Labute approximate surface area is 124 Å². The molecule has 0 aliphatic heterocycles.